The molecule has 2 amide bonds. The molecule has 174 valence electrons. The SMILES string of the molecule is O=C(NCc1ccc(F)c(Cl)c1F)c1cn2c(c(O)c1=O)C(=O)N1CCC[C@]13COCC[C@H]23. The number of carbonyl (C=O) groups excluding carboxylic acids is 2. The summed E-state index contributed by atoms with van der Waals surface area (Å²) in [6.45, 7) is 0.912. The van der Waals surface area contributed by atoms with Crippen molar-refractivity contribution in [3.05, 3.63) is 62.0 Å². The molecular weight excluding hydrogens is 460 g/mol. The van der Waals surface area contributed by atoms with Crippen LogP contribution in [-0.2, 0) is 11.3 Å². The maximum absolute atomic E-state index is 14.2. The van der Waals surface area contributed by atoms with Crippen LogP contribution in [-0.4, -0.2) is 51.7 Å². The van der Waals surface area contributed by atoms with Gasteiger partial charge in [0.1, 0.15) is 22.2 Å². The average molecular weight is 480 g/mol. The molecule has 1 aromatic carbocycles. The molecule has 0 saturated carbocycles. The van der Waals surface area contributed by atoms with Crippen molar-refractivity contribution in [2.75, 3.05) is 19.8 Å². The predicted molar refractivity (Wildman–Crippen MR) is 112 cm³/mol. The number of nitrogens with zero attached hydrogens (tertiary/aromatic N) is 2. The topological polar surface area (TPSA) is 101 Å². The van der Waals surface area contributed by atoms with Crippen LogP contribution in [0.4, 0.5) is 8.78 Å². The lowest BCUT2D eigenvalue weighted by atomic mass is 9.81. The first-order chi connectivity index (χ1) is 15.8. The molecule has 1 aromatic heterocycles. The minimum atomic E-state index is -1.02. The van der Waals surface area contributed by atoms with E-state index in [0.717, 1.165) is 18.6 Å². The number of aromatic hydroxyl groups is 1. The quantitative estimate of drug-likeness (QED) is 0.658. The fraction of sp³-hybridized carbons (Fsp3) is 0.409. The zero-order chi connectivity index (χ0) is 23.5. The molecular formula is C22H20ClF2N3O5. The second-order valence-electron chi connectivity index (χ2n) is 8.51. The number of hydrogen-bond donors (Lipinski definition) is 2. The van der Waals surface area contributed by atoms with Crippen LogP contribution in [0, 0.1) is 11.6 Å². The van der Waals surface area contributed by atoms with E-state index in [9.17, 15) is 28.3 Å². The van der Waals surface area contributed by atoms with E-state index in [1.807, 2.05) is 0 Å². The van der Waals surface area contributed by atoms with E-state index >= 15 is 0 Å². The Kier molecular flexibility index (Phi) is 5.17. The molecule has 0 bridgehead atoms. The number of carbonyl (C=O) groups is 2. The van der Waals surface area contributed by atoms with E-state index < -0.39 is 45.2 Å². The summed E-state index contributed by atoms with van der Waals surface area (Å²) < 4.78 is 34.7. The van der Waals surface area contributed by atoms with Gasteiger partial charge in [-0.05, 0) is 25.3 Å². The summed E-state index contributed by atoms with van der Waals surface area (Å²) in [6, 6.07) is 1.83. The van der Waals surface area contributed by atoms with Crippen molar-refractivity contribution in [2.24, 2.45) is 0 Å². The number of rotatable bonds is 3. The molecule has 33 heavy (non-hydrogen) atoms. The third kappa shape index (κ3) is 3.15. The molecule has 4 heterocycles. The van der Waals surface area contributed by atoms with E-state index in [1.165, 1.54) is 10.8 Å². The van der Waals surface area contributed by atoms with E-state index in [0.29, 0.717) is 32.6 Å². The van der Waals surface area contributed by atoms with Gasteiger partial charge in [0.15, 0.2) is 11.4 Å². The normalized spacial score (nSPS) is 23.7. The number of benzene rings is 1. The molecule has 3 aliphatic rings. The van der Waals surface area contributed by atoms with Gasteiger partial charge in [-0.25, -0.2) is 8.78 Å². The molecule has 8 nitrogen and oxygen atoms in total. The van der Waals surface area contributed by atoms with Crippen molar-refractivity contribution in [3.63, 3.8) is 0 Å². The molecule has 0 aliphatic carbocycles. The lowest BCUT2D eigenvalue weighted by molar-refractivity contribution is -0.0627. The molecule has 2 fully saturated rings. The summed E-state index contributed by atoms with van der Waals surface area (Å²) in [7, 11) is 0. The van der Waals surface area contributed by atoms with Gasteiger partial charge in [0, 0.05) is 31.5 Å². The maximum Gasteiger partial charge on any atom is 0.275 e. The van der Waals surface area contributed by atoms with Gasteiger partial charge < -0.3 is 24.6 Å². The van der Waals surface area contributed by atoms with Gasteiger partial charge in [0.05, 0.1) is 18.2 Å². The molecule has 5 rings (SSSR count). The standard InChI is InChI=1S/C22H20ClF2N3O5/c23-15-13(24)3-2-11(16(15)25)8-26-20(31)12-9-27-14-4-7-33-10-22(14)5-1-6-28(22)21(32)17(27)19(30)18(12)29/h2-3,9,14,30H,1,4-8,10H2,(H,26,31)/t14-,22+/m0/s1. The number of amides is 2. The molecule has 11 heteroatoms. The van der Waals surface area contributed by atoms with Crippen LogP contribution in [0.15, 0.2) is 23.1 Å². The van der Waals surface area contributed by atoms with E-state index in [-0.39, 0.29) is 29.4 Å². The summed E-state index contributed by atoms with van der Waals surface area (Å²) in [6.07, 6.45) is 3.30. The van der Waals surface area contributed by atoms with Crippen LogP contribution in [0.3, 0.4) is 0 Å². The van der Waals surface area contributed by atoms with Crippen molar-refractivity contribution >= 4 is 23.4 Å². The van der Waals surface area contributed by atoms with E-state index in [2.05, 4.69) is 5.32 Å². The lowest BCUT2D eigenvalue weighted by Gasteiger charge is -2.51. The lowest BCUT2D eigenvalue weighted by Crippen LogP contribution is -2.62. The van der Waals surface area contributed by atoms with Crippen LogP contribution < -0.4 is 10.7 Å². The highest BCUT2D eigenvalue weighted by Gasteiger charge is 2.56. The van der Waals surface area contributed by atoms with Gasteiger partial charge in [0.2, 0.25) is 5.43 Å². The van der Waals surface area contributed by atoms with Gasteiger partial charge in [-0.3, -0.25) is 14.4 Å². The average Bonchev–Trinajstić information content (AvgIpc) is 3.23. The van der Waals surface area contributed by atoms with Crippen molar-refractivity contribution in [1.82, 2.24) is 14.8 Å². The molecule has 2 aromatic rings. The minimum absolute atomic E-state index is 0.0720. The summed E-state index contributed by atoms with van der Waals surface area (Å²) >= 11 is 5.57. The number of hydrogen-bond acceptors (Lipinski definition) is 5. The number of halogens is 3. The molecule has 0 radical (unpaired) electrons. The number of fused-ring (bicyclic) bond motifs is 2. The van der Waals surface area contributed by atoms with E-state index in [4.69, 9.17) is 16.3 Å². The van der Waals surface area contributed by atoms with Gasteiger partial charge >= 0.3 is 0 Å². The maximum atomic E-state index is 14.2. The highest BCUT2D eigenvalue weighted by atomic mass is 35.5. The molecule has 2 saturated heterocycles. The summed E-state index contributed by atoms with van der Waals surface area (Å²) in [5.74, 6) is -4.08. The Morgan fingerprint density at radius 3 is 2.91 bits per heavy atom. The van der Waals surface area contributed by atoms with Crippen LogP contribution in [0.25, 0.3) is 0 Å². The molecule has 1 spiro atoms. The molecule has 0 unspecified atom stereocenters. The highest BCUT2D eigenvalue weighted by molar-refractivity contribution is 6.30. The third-order valence-electron chi connectivity index (χ3n) is 6.83. The van der Waals surface area contributed by atoms with Crippen molar-refractivity contribution in [1.29, 1.82) is 0 Å². The number of pyridine rings is 1. The fourth-order valence-corrected chi connectivity index (χ4v) is 5.43. The van der Waals surface area contributed by atoms with Gasteiger partial charge in [-0.15, -0.1) is 0 Å². The number of nitrogens with one attached hydrogen (secondary N) is 1. The van der Waals surface area contributed by atoms with Gasteiger partial charge in [-0.2, -0.15) is 0 Å². The highest BCUT2D eigenvalue weighted by Crippen LogP contribution is 2.48. The fourth-order valence-electron chi connectivity index (χ4n) is 5.25. The largest absolute Gasteiger partial charge is 0.503 e. The Labute approximate surface area is 191 Å². The predicted octanol–water partition coefficient (Wildman–Crippen LogP) is 2.37. The Morgan fingerprint density at radius 1 is 1.33 bits per heavy atom. The van der Waals surface area contributed by atoms with Crippen LogP contribution in [0.5, 0.6) is 5.75 Å². The zero-order valence-electron chi connectivity index (χ0n) is 17.4. The Hall–Kier alpha value is -2.98. The Morgan fingerprint density at radius 2 is 2.12 bits per heavy atom. The van der Waals surface area contributed by atoms with Crippen LogP contribution >= 0.6 is 11.6 Å². The smallest absolute Gasteiger partial charge is 0.275 e. The second-order valence-corrected chi connectivity index (χ2v) is 8.89. The summed E-state index contributed by atoms with van der Waals surface area (Å²) in [4.78, 5) is 40.5. The molecule has 3 aliphatic heterocycles. The first-order valence-electron chi connectivity index (χ1n) is 10.5. The van der Waals surface area contributed by atoms with Crippen molar-refractivity contribution in [2.45, 2.75) is 37.4 Å². The third-order valence-corrected chi connectivity index (χ3v) is 7.18. The van der Waals surface area contributed by atoms with Gasteiger partial charge in [0.25, 0.3) is 11.8 Å². The first-order valence-corrected chi connectivity index (χ1v) is 10.9. The van der Waals surface area contributed by atoms with E-state index in [1.54, 1.807) is 4.90 Å². The second kappa shape index (κ2) is 7.81. The number of ether oxygens (including phenoxy) is 1. The van der Waals surface area contributed by atoms with Crippen LogP contribution in [0.1, 0.15) is 51.7 Å². The van der Waals surface area contributed by atoms with Crippen LogP contribution in [0.2, 0.25) is 5.02 Å². The molecule has 2 atom stereocenters. The van der Waals surface area contributed by atoms with Crippen molar-refractivity contribution in [3.8, 4) is 5.75 Å². The Balaban J connectivity index is 1.52. The summed E-state index contributed by atoms with van der Waals surface area (Å²) in [5, 5.41) is 12.3. The van der Waals surface area contributed by atoms with Gasteiger partial charge in [-0.1, -0.05) is 17.7 Å². The minimum Gasteiger partial charge on any atom is -0.503 e. The Bertz CT molecular complexity index is 1250. The molecule has 2 N–H and O–H groups in total. The number of aromatic nitrogens is 1. The van der Waals surface area contributed by atoms with Crippen molar-refractivity contribution < 1.29 is 28.2 Å². The summed E-state index contributed by atoms with van der Waals surface area (Å²) in [5.41, 5.74) is -2.19. The zero-order valence-corrected chi connectivity index (χ0v) is 18.1. The first kappa shape index (κ1) is 21.8. The monoisotopic (exact) mass is 479 g/mol.